The number of hydrogen-bond acceptors (Lipinski definition) is 5. The standard InChI is InChI=1S/C11H10BrFN4O2S/c12-7-3-4-9(8(13)6-7)17-20(18,19)11-10(16-14)2-1-5-15-11/h1-6,16-17H,14H2. The molecule has 20 heavy (non-hydrogen) atoms. The number of halogens is 2. The summed E-state index contributed by atoms with van der Waals surface area (Å²) >= 11 is 3.09. The Balaban J connectivity index is 2.41. The van der Waals surface area contributed by atoms with E-state index in [2.05, 4.69) is 31.1 Å². The molecule has 0 spiro atoms. The van der Waals surface area contributed by atoms with Gasteiger partial charge in [0.25, 0.3) is 10.0 Å². The number of nitrogens with zero attached hydrogens (tertiary/aromatic N) is 1. The summed E-state index contributed by atoms with van der Waals surface area (Å²) in [4.78, 5) is 3.74. The second-order valence-electron chi connectivity index (χ2n) is 3.73. The van der Waals surface area contributed by atoms with Crippen LogP contribution in [0.25, 0.3) is 0 Å². The zero-order valence-corrected chi connectivity index (χ0v) is 12.4. The fourth-order valence-corrected chi connectivity index (χ4v) is 2.98. The van der Waals surface area contributed by atoms with E-state index in [0.717, 1.165) is 6.07 Å². The topological polar surface area (TPSA) is 97.1 Å². The molecule has 0 aliphatic heterocycles. The maximum Gasteiger partial charge on any atom is 0.281 e. The zero-order valence-electron chi connectivity index (χ0n) is 9.97. The van der Waals surface area contributed by atoms with Gasteiger partial charge < -0.3 is 5.43 Å². The molecule has 106 valence electrons. The molecule has 0 radical (unpaired) electrons. The number of rotatable bonds is 4. The summed E-state index contributed by atoms with van der Waals surface area (Å²) in [6, 6.07) is 6.93. The third-order valence-corrected chi connectivity index (χ3v) is 4.17. The lowest BCUT2D eigenvalue weighted by atomic mass is 10.3. The first kappa shape index (κ1) is 14.7. The van der Waals surface area contributed by atoms with Crippen molar-refractivity contribution < 1.29 is 12.8 Å². The highest BCUT2D eigenvalue weighted by Crippen LogP contribution is 2.24. The molecule has 0 saturated heterocycles. The maximum atomic E-state index is 13.7. The number of aromatic nitrogens is 1. The molecule has 1 heterocycles. The first-order valence-corrected chi connectivity index (χ1v) is 7.61. The van der Waals surface area contributed by atoms with Gasteiger partial charge in [-0.3, -0.25) is 10.6 Å². The van der Waals surface area contributed by atoms with E-state index in [0.29, 0.717) is 4.47 Å². The van der Waals surface area contributed by atoms with E-state index < -0.39 is 15.8 Å². The zero-order chi connectivity index (χ0) is 14.8. The minimum Gasteiger partial charge on any atom is -0.321 e. The van der Waals surface area contributed by atoms with E-state index in [1.807, 2.05) is 0 Å². The Morgan fingerprint density at radius 3 is 2.65 bits per heavy atom. The highest BCUT2D eigenvalue weighted by atomic mass is 79.9. The number of nitrogen functional groups attached to an aromatic ring is 1. The molecule has 0 saturated carbocycles. The second kappa shape index (κ2) is 5.73. The van der Waals surface area contributed by atoms with Crippen LogP contribution in [0.15, 0.2) is 46.0 Å². The molecule has 1 aromatic carbocycles. The van der Waals surface area contributed by atoms with Crippen LogP contribution in [0, 0.1) is 5.82 Å². The van der Waals surface area contributed by atoms with Gasteiger partial charge >= 0.3 is 0 Å². The monoisotopic (exact) mass is 360 g/mol. The Morgan fingerprint density at radius 2 is 2.00 bits per heavy atom. The van der Waals surface area contributed by atoms with Crippen LogP contribution < -0.4 is 16.0 Å². The molecule has 0 amide bonds. The number of benzene rings is 1. The van der Waals surface area contributed by atoms with E-state index >= 15 is 0 Å². The largest absolute Gasteiger partial charge is 0.321 e. The van der Waals surface area contributed by atoms with E-state index in [1.165, 1.54) is 30.5 Å². The third-order valence-electron chi connectivity index (χ3n) is 2.36. The molecule has 2 aromatic rings. The predicted octanol–water partition coefficient (Wildman–Crippen LogP) is 2.07. The van der Waals surface area contributed by atoms with E-state index in [4.69, 9.17) is 5.84 Å². The van der Waals surface area contributed by atoms with Crippen LogP contribution in [-0.4, -0.2) is 13.4 Å². The number of nitrogens with one attached hydrogen (secondary N) is 2. The molecule has 2 rings (SSSR count). The fourth-order valence-electron chi connectivity index (χ4n) is 1.48. The average Bonchev–Trinajstić information content (AvgIpc) is 2.42. The van der Waals surface area contributed by atoms with Gasteiger partial charge in [0.1, 0.15) is 5.82 Å². The lowest BCUT2D eigenvalue weighted by Crippen LogP contribution is -2.19. The molecule has 0 bridgehead atoms. The third kappa shape index (κ3) is 3.06. The van der Waals surface area contributed by atoms with Crippen molar-refractivity contribution in [2.24, 2.45) is 5.84 Å². The summed E-state index contributed by atoms with van der Waals surface area (Å²) in [5.41, 5.74) is 2.16. The first-order chi connectivity index (χ1) is 9.44. The number of hydrogen-bond donors (Lipinski definition) is 3. The summed E-state index contributed by atoms with van der Waals surface area (Å²) in [5, 5.41) is -0.315. The summed E-state index contributed by atoms with van der Waals surface area (Å²) in [6.07, 6.45) is 1.30. The van der Waals surface area contributed by atoms with Crippen LogP contribution in [0.4, 0.5) is 15.8 Å². The summed E-state index contributed by atoms with van der Waals surface area (Å²) in [5.74, 6) is 4.52. The molecule has 0 atom stereocenters. The van der Waals surface area contributed by atoms with Gasteiger partial charge in [0.15, 0.2) is 0 Å². The molecular formula is C11H10BrFN4O2S. The van der Waals surface area contributed by atoms with Crippen molar-refractivity contribution in [3.8, 4) is 0 Å². The molecule has 6 nitrogen and oxygen atoms in total. The SMILES string of the molecule is NNc1cccnc1S(=O)(=O)Nc1ccc(Br)cc1F. The van der Waals surface area contributed by atoms with Crippen molar-refractivity contribution >= 4 is 37.3 Å². The van der Waals surface area contributed by atoms with Gasteiger partial charge in [-0.1, -0.05) is 15.9 Å². The Morgan fingerprint density at radius 1 is 1.25 bits per heavy atom. The van der Waals surface area contributed by atoms with E-state index in [-0.39, 0.29) is 16.4 Å². The molecule has 0 aliphatic rings. The van der Waals surface area contributed by atoms with Crippen molar-refractivity contribution in [2.75, 3.05) is 10.1 Å². The number of anilines is 2. The molecule has 0 aliphatic carbocycles. The van der Waals surface area contributed by atoms with Gasteiger partial charge in [0, 0.05) is 10.7 Å². The van der Waals surface area contributed by atoms with Crippen LogP contribution in [0.5, 0.6) is 0 Å². The lowest BCUT2D eigenvalue weighted by Gasteiger charge is -2.11. The van der Waals surface area contributed by atoms with Crippen LogP contribution in [0.1, 0.15) is 0 Å². The van der Waals surface area contributed by atoms with Gasteiger partial charge in [-0.05, 0) is 30.3 Å². The van der Waals surface area contributed by atoms with E-state index in [1.54, 1.807) is 0 Å². The minimum atomic E-state index is -4.05. The number of hydrazine groups is 1. The quantitative estimate of drug-likeness (QED) is 0.572. The molecule has 9 heteroatoms. The predicted molar refractivity (Wildman–Crippen MR) is 77.0 cm³/mol. The van der Waals surface area contributed by atoms with Crippen LogP contribution in [-0.2, 0) is 10.0 Å². The van der Waals surface area contributed by atoms with Gasteiger partial charge in [-0.15, -0.1) is 0 Å². The summed E-state index contributed by atoms with van der Waals surface area (Å²) in [6.45, 7) is 0. The Hall–Kier alpha value is -1.71. The Kier molecular flexibility index (Phi) is 4.21. The number of sulfonamides is 1. The average molecular weight is 361 g/mol. The van der Waals surface area contributed by atoms with Gasteiger partial charge in [-0.25, -0.2) is 9.37 Å². The van der Waals surface area contributed by atoms with Crippen molar-refractivity contribution in [2.45, 2.75) is 5.03 Å². The van der Waals surface area contributed by atoms with Crippen LogP contribution in [0.2, 0.25) is 0 Å². The van der Waals surface area contributed by atoms with Gasteiger partial charge in [-0.2, -0.15) is 8.42 Å². The Labute approximate surface area is 123 Å². The van der Waals surface area contributed by atoms with Crippen molar-refractivity contribution in [3.05, 3.63) is 46.8 Å². The van der Waals surface area contributed by atoms with Crippen molar-refractivity contribution in [1.82, 2.24) is 4.98 Å². The minimum absolute atomic E-state index is 0.109. The highest BCUT2D eigenvalue weighted by Gasteiger charge is 2.21. The number of nitrogens with two attached hydrogens (primary N) is 1. The van der Waals surface area contributed by atoms with Crippen molar-refractivity contribution in [3.63, 3.8) is 0 Å². The highest BCUT2D eigenvalue weighted by molar-refractivity contribution is 9.10. The normalized spacial score (nSPS) is 11.2. The fraction of sp³-hybridized carbons (Fsp3) is 0. The van der Waals surface area contributed by atoms with Gasteiger partial charge in [0.2, 0.25) is 5.03 Å². The smallest absolute Gasteiger partial charge is 0.281 e. The molecular weight excluding hydrogens is 351 g/mol. The van der Waals surface area contributed by atoms with Crippen molar-refractivity contribution in [1.29, 1.82) is 0 Å². The number of pyridine rings is 1. The first-order valence-electron chi connectivity index (χ1n) is 5.33. The second-order valence-corrected chi connectivity index (χ2v) is 6.24. The lowest BCUT2D eigenvalue weighted by molar-refractivity contribution is 0.595. The van der Waals surface area contributed by atoms with E-state index in [9.17, 15) is 12.8 Å². The molecule has 0 fully saturated rings. The summed E-state index contributed by atoms with van der Waals surface area (Å²) < 4.78 is 40.6. The maximum absolute atomic E-state index is 13.7. The van der Waals surface area contributed by atoms with Gasteiger partial charge in [0.05, 0.1) is 11.4 Å². The Bertz CT molecular complexity index is 739. The van der Waals surface area contributed by atoms with Crippen LogP contribution in [0.3, 0.4) is 0 Å². The summed E-state index contributed by atoms with van der Waals surface area (Å²) in [7, 11) is -4.05. The van der Waals surface area contributed by atoms with Crippen LogP contribution >= 0.6 is 15.9 Å². The molecule has 0 unspecified atom stereocenters. The molecule has 4 N–H and O–H groups in total. The molecule has 1 aromatic heterocycles.